The molecule has 0 radical (unpaired) electrons. The number of nitrogens with one attached hydrogen (secondary N) is 1. The third-order valence-corrected chi connectivity index (χ3v) is 7.00. The Morgan fingerprint density at radius 1 is 1.15 bits per heavy atom. The van der Waals surface area contributed by atoms with Gasteiger partial charge in [-0.3, -0.25) is 4.79 Å². The molecule has 3 saturated heterocycles. The van der Waals surface area contributed by atoms with Gasteiger partial charge in [0.15, 0.2) is 5.82 Å². The van der Waals surface area contributed by atoms with Crippen molar-refractivity contribution in [2.75, 3.05) is 26.2 Å². The highest BCUT2D eigenvalue weighted by atomic mass is 16.2. The first-order chi connectivity index (χ1) is 12.5. The highest BCUT2D eigenvalue weighted by Gasteiger charge is 2.57. The first kappa shape index (κ1) is 15.0. The van der Waals surface area contributed by atoms with Crippen LogP contribution < -0.4 is 5.32 Å². The second-order valence-electron chi connectivity index (χ2n) is 9.24. The molecular formula is C18H24N6O2. The summed E-state index contributed by atoms with van der Waals surface area (Å²) in [5.74, 6) is 1.74. The molecule has 6 rings (SSSR count). The lowest BCUT2D eigenvalue weighted by Crippen LogP contribution is -2.73. The second-order valence-corrected chi connectivity index (χ2v) is 9.24. The highest BCUT2D eigenvalue weighted by Crippen LogP contribution is 2.54. The van der Waals surface area contributed by atoms with E-state index in [-0.39, 0.29) is 17.5 Å². The molecule has 0 atom stereocenters. The molecule has 1 N–H and O–H groups in total. The van der Waals surface area contributed by atoms with Crippen LogP contribution >= 0.6 is 0 Å². The van der Waals surface area contributed by atoms with Crippen molar-refractivity contribution in [1.82, 2.24) is 29.9 Å². The monoisotopic (exact) mass is 356 g/mol. The van der Waals surface area contributed by atoms with Gasteiger partial charge in [-0.25, -0.2) is 14.5 Å². The largest absolute Gasteiger partial charge is 0.347 e. The number of hydrogen-bond donors (Lipinski definition) is 1. The fraction of sp³-hybridized carbons (Fsp3) is 0.778. The Morgan fingerprint density at radius 2 is 1.88 bits per heavy atom. The molecule has 26 heavy (non-hydrogen) atoms. The number of carbonyl (C=O) groups is 2. The first-order valence-corrected chi connectivity index (χ1v) is 9.79. The lowest BCUT2D eigenvalue weighted by Gasteiger charge is -2.60. The summed E-state index contributed by atoms with van der Waals surface area (Å²) < 4.78 is 2.05. The average molecular weight is 356 g/mol. The van der Waals surface area contributed by atoms with E-state index in [1.807, 2.05) is 20.8 Å². The number of aromatic nitrogens is 3. The Labute approximate surface area is 151 Å². The summed E-state index contributed by atoms with van der Waals surface area (Å²) in [6, 6.07) is 0.593. The van der Waals surface area contributed by atoms with Crippen LogP contribution in [0.1, 0.15) is 56.3 Å². The predicted octanol–water partition coefficient (Wildman–Crippen LogP) is 0.877. The van der Waals surface area contributed by atoms with Crippen LogP contribution in [0.3, 0.4) is 0 Å². The van der Waals surface area contributed by atoms with Gasteiger partial charge in [-0.1, -0.05) is 0 Å². The zero-order chi connectivity index (χ0) is 17.5. The van der Waals surface area contributed by atoms with E-state index in [1.54, 1.807) is 0 Å². The third-order valence-electron chi connectivity index (χ3n) is 7.00. The SMILES string of the molecule is O=C1CCC2(CN(C(=O)N3CC4(CC(n5cnc(C6CC6)n5)C4)C3)C2)N1. The summed E-state index contributed by atoms with van der Waals surface area (Å²) in [6.07, 6.45) is 8.02. The van der Waals surface area contributed by atoms with Crippen LogP contribution in [0.15, 0.2) is 6.33 Å². The quantitative estimate of drug-likeness (QED) is 0.853. The van der Waals surface area contributed by atoms with Crippen molar-refractivity contribution in [1.29, 1.82) is 0 Å². The van der Waals surface area contributed by atoms with Gasteiger partial charge in [0.25, 0.3) is 0 Å². The van der Waals surface area contributed by atoms with Crippen LogP contribution in [0.2, 0.25) is 0 Å². The van der Waals surface area contributed by atoms with Gasteiger partial charge >= 0.3 is 6.03 Å². The Balaban J connectivity index is 1.00. The van der Waals surface area contributed by atoms with Crippen LogP contribution in [-0.4, -0.2) is 68.2 Å². The summed E-state index contributed by atoms with van der Waals surface area (Å²) in [5.41, 5.74) is 0.180. The van der Waals surface area contributed by atoms with Crippen LogP contribution in [0.25, 0.3) is 0 Å². The zero-order valence-electron chi connectivity index (χ0n) is 14.9. The zero-order valence-corrected chi connectivity index (χ0v) is 14.9. The molecule has 4 heterocycles. The molecule has 1 aromatic rings. The predicted molar refractivity (Wildman–Crippen MR) is 91.4 cm³/mol. The lowest BCUT2D eigenvalue weighted by atomic mass is 9.60. The molecule has 0 aromatic carbocycles. The molecule has 8 heteroatoms. The van der Waals surface area contributed by atoms with Gasteiger partial charge in [0, 0.05) is 43.9 Å². The van der Waals surface area contributed by atoms with E-state index in [0.29, 0.717) is 36.9 Å². The number of nitrogens with zero attached hydrogens (tertiary/aromatic N) is 5. The fourth-order valence-electron chi connectivity index (χ4n) is 5.31. The van der Waals surface area contributed by atoms with E-state index in [1.165, 1.54) is 12.8 Å². The second kappa shape index (κ2) is 4.78. The van der Waals surface area contributed by atoms with Crippen LogP contribution in [0.4, 0.5) is 4.79 Å². The summed E-state index contributed by atoms with van der Waals surface area (Å²) in [6.45, 7) is 3.07. The fourth-order valence-corrected chi connectivity index (χ4v) is 5.31. The molecule has 3 amide bonds. The van der Waals surface area contributed by atoms with Gasteiger partial charge in [-0.15, -0.1) is 0 Å². The van der Waals surface area contributed by atoms with Crippen molar-refractivity contribution in [2.24, 2.45) is 5.41 Å². The van der Waals surface area contributed by atoms with Crippen molar-refractivity contribution >= 4 is 11.9 Å². The molecule has 2 spiro atoms. The molecule has 5 fully saturated rings. The number of rotatable bonds is 2. The van der Waals surface area contributed by atoms with Crippen molar-refractivity contribution in [3.63, 3.8) is 0 Å². The van der Waals surface area contributed by atoms with Gasteiger partial charge in [-0.2, -0.15) is 5.10 Å². The van der Waals surface area contributed by atoms with Gasteiger partial charge < -0.3 is 15.1 Å². The Morgan fingerprint density at radius 3 is 2.54 bits per heavy atom. The molecule has 1 aromatic heterocycles. The molecule has 0 unspecified atom stereocenters. The third kappa shape index (κ3) is 2.13. The number of hydrogen-bond acceptors (Lipinski definition) is 4. The smallest absolute Gasteiger partial charge is 0.320 e. The van der Waals surface area contributed by atoms with E-state index in [0.717, 1.165) is 38.2 Å². The number of urea groups is 1. The minimum absolute atomic E-state index is 0.122. The molecule has 138 valence electrons. The first-order valence-electron chi connectivity index (χ1n) is 9.79. The van der Waals surface area contributed by atoms with Crippen molar-refractivity contribution in [3.8, 4) is 0 Å². The van der Waals surface area contributed by atoms with E-state index >= 15 is 0 Å². The highest BCUT2D eigenvalue weighted by molar-refractivity contribution is 5.82. The average Bonchev–Trinajstić information content (AvgIpc) is 3.11. The number of amides is 3. The van der Waals surface area contributed by atoms with E-state index in [9.17, 15) is 9.59 Å². The van der Waals surface area contributed by atoms with E-state index < -0.39 is 0 Å². The van der Waals surface area contributed by atoms with Crippen LogP contribution in [0.5, 0.6) is 0 Å². The molecule has 8 nitrogen and oxygen atoms in total. The maximum Gasteiger partial charge on any atom is 0.320 e. The van der Waals surface area contributed by atoms with Gasteiger partial charge in [0.05, 0.1) is 11.6 Å². The molecule has 3 aliphatic heterocycles. The topological polar surface area (TPSA) is 83.4 Å². The molecule has 5 aliphatic rings. The molecule has 2 saturated carbocycles. The van der Waals surface area contributed by atoms with Crippen molar-refractivity contribution < 1.29 is 9.59 Å². The summed E-state index contributed by atoms with van der Waals surface area (Å²) in [5, 5.41) is 7.69. The Bertz CT molecular complexity index is 779. The van der Waals surface area contributed by atoms with Crippen LogP contribution in [0, 0.1) is 5.41 Å². The molecular weight excluding hydrogens is 332 g/mol. The summed E-state index contributed by atoms with van der Waals surface area (Å²) in [4.78, 5) is 32.3. The molecule has 2 aliphatic carbocycles. The summed E-state index contributed by atoms with van der Waals surface area (Å²) >= 11 is 0. The maximum absolute atomic E-state index is 12.6. The van der Waals surface area contributed by atoms with Crippen LogP contribution in [-0.2, 0) is 4.79 Å². The Hall–Kier alpha value is -2.12. The van der Waals surface area contributed by atoms with Gasteiger partial charge in [0.2, 0.25) is 5.91 Å². The standard InChI is InChI=1S/C18H24N6O2/c25-14-3-4-18(20-14)9-23(10-18)16(26)22-7-17(8-22)5-13(6-17)24-11-19-15(21-24)12-1-2-12/h11-13H,1-10H2,(H,20,25). The van der Waals surface area contributed by atoms with Gasteiger partial charge in [-0.05, 0) is 32.1 Å². The van der Waals surface area contributed by atoms with Crippen molar-refractivity contribution in [3.05, 3.63) is 12.2 Å². The number of carbonyl (C=O) groups excluding carboxylic acids is 2. The van der Waals surface area contributed by atoms with E-state index in [4.69, 9.17) is 0 Å². The Kier molecular flexibility index (Phi) is 2.75. The molecule has 0 bridgehead atoms. The lowest BCUT2D eigenvalue weighted by molar-refractivity contribution is -0.120. The van der Waals surface area contributed by atoms with Gasteiger partial charge in [0.1, 0.15) is 6.33 Å². The van der Waals surface area contributed by atoms with E-state index in [2.05, 4.69) is 15.4 Å². The minimum atomic E-state index is -0.122. The minimum Gasteiger partial charge on any atom is -0.347 e. The normalized spacial score (nSPS) is 28.7. The summed E-state index contributed by atoms with van der Waals surface area (Å²) in [7, 11) is 0. The van der Waals surface area contributed by atoms with Crippen molar-refractivity contribution in [2.45, 2.75) is 56.0 Å². The number of likely N-dealkylation sites (tertiary alicyclic amines) is 2. The maximum atomic E-state index is 12.6.